The van der Waals surface area contributed by atoms with Crippen LogP contribution in [0, 0.1) is 12.3 Å². The molecule has 2 nitrogen and oxygen atoms in total. The standard InChI is InChI=1S/C14H17NO/c1-10-9-15(13(16)14(2,3)4)12-8-6-5-7-11(10)12/h5-9H,1-4H3. The number of hydrogen-bond acceptors (Lipinski definition) is 1. The number of rotatable bonds is 0. The number of benzene rings is 1. The fourth-order valence-electron chi connectivity index (χ4n) is 1.88. The van der Waals surface area contributed by atoms with Crippen molar-refractivity contribution in [3.8, 4) is 0 Å². The van der Waals surface area contributed by atoms with Crippen LogP contribution in [0.25, 0.3) is 10.9 Å². The summed E-state index contributed by atoms with van der Waals surface area (Å²) in [5, 5.41) is 1.15. The Kier molecular flexibility index (Phi) is 2.38. The van der Waals surface area contributed by atoms with E-state index < -0.39 is 0 Å². The largest absolute Gasteiger partial charge is 0.287 e. The number of para-hydroxylation sites is 1. The highest BCUT2D eigenvalue weighted by atomic mass is 16.2. The van der Waals surface area contributed by atoms with E-state index in [0.29, 0.717) is 0 Å². The van der Waals surface area contributed by atoms with Gasteiger partial charge in [0, 0.05) is 17.0 Å². The van der Waals surface area contributed by atoms with Gasteiger partial charge in [0.2, 0.25) is 5.91 Å². The molecule has 0 spiro atoms. The van der Waals surface area contributed by atoms with Crippen LogP contribution in [-0.2, 0) is 0 Å². The number of fused-ring (bicyclic) bond motifs is 1. The summed E-state index contributed by atoms with van der Waals surface area (Å²) in [5.41, 5.74) is 1.79. The zero-order chi connectivity index (χ0) is 11.9. The molecule has 16 heavy (non-hydrogen) atoms. The van der Waals surface area contributed by atoms with E-state index >= 15 is 0 Å². The summed E-state index contributed by atoms with van der Waals surface area (Å²) in [6.45, 7) is 7.87. The Balaban J connectivity index is 2.67. The maximum Gasteiger partial charge on any atom is 0.236 e. The van der Waals surface area contributed by atoms with Gasteiger partial charge in [0.05, 0.1) is 5.52 Å². The second-order valence-corrected chi connectivity index (χ2v) is 5.25. The van der Waals surface area contributed by atoms with Crippen LogP contribution in [0.1, 0.15) is 31.1 Å². The molecule has 0 unspecified atom stereocenters. The summed E-state index contributed by atoms with van der Waals surface area (Å²) in [4.78, 5) is 12.3. The number of carbonyl (C=O) groups is 1. The van der Waals surface area contributed by atoms with Crippen molar-refractivity contribution in [3.05, 3.63) is 36.0 Å². The van der Waals surface area contributed by atoms with Crippen LogP contribution in [0.5, 0.6) is 0 Å². The van der Waals surface area contributed by atoms with Crippen LogP contribution in [0.3, 0.4) is 0 Å². The third-order valence-corrected chi connectivity index (χ3v) is 2.77. The molecule has 1 aromatic heterocycles. The molecule has 0 aliphatic heterocycles. The van der Waals surface area contributed by atoms with Gasteiger partial charge in [0.15, 0.2) is 0 Å². The van der Waals surface area contributed by atoms with Gasteiger partial charge in [-0.25, -0.2) is 0 Å². The van der Waals surface area contributed by atoms with E-state index in [0.717, 1.165) is 16.5 Å². The Morgan fingerprint density at radius 2 is 1.81 bits per heavy atom. The van der Waals surface area contributed by atoms with Crippen LogP contribution >= 0.6 is 0 Å². The minimum atomic E-state index is -0.353. The van der Waals surface area contributed by atoms with Crippen LogP contribution in [0.15, 0.2) is 30.5 Å². The molecule has 0 fully saturated rings. The first-order valence-electron chi connectivity index (χ1n) is 5.53. The molecule has 84 valence electrons. The smallest absolute Gasteiger partial charge is 0.236 e. The van der Waals surface area contributed by atoms with Gasteiger partial charge >= 0.3 is 0 Å². The molecule has 0 radical (unpaired) electrons. The Morgan fingerprint density at radius 1 is 1.19 bits per heavy atom. The Bertz CT molecular complexity index is 543. The normalized spacial score (nSPS) is 12.0. The minimum absolute atomic E-state index is 0.136. The lowest BCUT2D eigenvalue weighted by Crippen LogP contribution is -2.25. The number of nitrogens with zero attached hydrogens (tertiary/aromatic N) is 1. The molecular weight excluding hydrogens is 198 g/mol. The maximum atomic E-state index is 12.3. The van der Waals surface area contributed by atoms with Gasteiger partial charge in [-0.1, -0.05) is 39.0 Å². The summed E-state index contributed by atoms with van der Waals surface area (Å²) in [5.74, 6) is 0.136. The second kappa shape index (κ2) is 3.48. The third kappa shape index (κ3) is 1.64. The molecule has 2 heteroatoms. The predicted molar refractivity (Wildman–Crippen MR) is 66.8 cm³/mol. The summed E-state index contributed by atoms with van der Waals surface area (Å²) >= 11 is 0. The summed E-state index contributed by atoms with van der Waals surface area (Å²) in [7, 11) is 0. The van der Waals surface area contributed by atoms with Crippen LogP contribution < -0.4 is 0 Å². The Labute approximate surface area is 95.9 Å². The van der Waals surface area contributed by atoms with Crippen molar-refractivity contribution in [1.82, 2.24) is 4.57 Å². The first kappa shape index (κ1) is 10.9. The highest BCUT2D eigenvalue weighted by molar-refractivity contribution is 5.96. The number of hydrogen-bond donors (Lipinski definition) is 0. The van der Waals surface area contributed by atoms with Gasteiger partial charge in [0.25, 0.3) is 0 Å². The van der Waals surface area contributed by atoms with E-state index in [4.69, 9.17) is 0 Å². The first-order valence-corrected chi connectivity index (χ1v) is 5.53. The number of carbonyl (C=O) groups excluding carboxylic acids is 1. The van der Waals surface area contributed by atoms with Crippen molar-refractivity contribution in [1.29, 1.82) is 0 Å². The zero-order valence-corrected chi connectivity index (χ0v) is 10.2. The van der Waals surface area contributed by atoms with E-state index in [-0.39, 0.29) is 11.3 Å². The fraction of sp³-hybridized carbons (Fsp3) is 0.357. The highest BCUT2D eigenvalue weighted by Crippen LogP contribution is 2.24. The highest BCUT2D eigenvalue weighted by Gasteiger charge is 2.24. The van der Waals surface area contributed by atoms with Gasteiger partial charge in [-0.2, -0.15) is 0 Å². The van der Waals surface area contributed by atoms with Gasteiger partial charge in [-0.3, -0.25) is 9.36 Å². The van der Waals surface area contributed by atoms with E-state index in [1.54, 1.807) is 4.57 Å². The molecule has 2 rings (SSSR count). The monoisotopic (exact) mass is 215 g/mol. The van der Waals surface area contributed by atoms with Gasteiger partial charge in [-0.15, -0.1) is 0 Å². The summed E-state index contributed by atoms with van der Waals surface area (Å²) < 4.78 is 1.77. The van der Waals surface area contributed by atoms with Crippen molar-refractivity contribution < 1.29 is 4.79 Å². The number of aryl methyl sites for hydroxylation is 1. The second-order valence-electron chi connectivity index (χ2n) is 5.25. The molecular formula is C14H17NO. The molecule has 0 saturated heterocycles. The van der Waals surface area contributed by atoms with Crippen molar-refractivity contribution in [2.45, 2.75) is 27.7 Å². The van der Waals surface area contributed by atoms with E-state index in [1.165, 1.54) is 0 Å². The van der Waals surface area contributed by atoms with Crippen LogP contribution in [-0.4, -0.2) is 10.5 Å². The van der Waals surface area contributed by atoms with Crippen LogP contribution in [0.2, 0.25) is 0 Å². The molecule has 0 aliphatic carbocycles. The van der Waals surface area contributed by atoms with Crippen molar-refractivity contribution >= 4 is 16.8 Å². The van der Waals surface area contributed by atoms with Gasteiger partial charge < -0.3 is 0 Å². The van der Waals surface area contributed by atoms with Crippen molar-refractivity contribution in [3.63, 3.8) is 0 Å². The van der Waals surface area contributed by atoms with E-state index in [2.05, 4.69) is 6.07 Å². The topological polar surface area (TPSA) is 22.0 Å². The van der Waals surface area contributed by atoms with Gasteiger partial charge in [-0.05, 0) is 18.6 Å². The third-order valence-electron chi connectivity index (χ3n) is 2.77. The Hall–Kier alpha value is -1.57. The van der Waals surface area contributed by atoms with Crippen molar-refractivity contribution in [2.75, 3.05) is 0 Å². The predicted octanol–water partition coefficient (Wildman–Crippen LogP) is 3.64. The summed E-state index contributed by atoms with van der Waals surface area (Å²) in [6, 6.07) is 8.01. The van der Waals surface area contributed by atoms with Crippen molar-refractivity contribution in [2.24, 2.45) is 5.41 Å². The average molecular weight is 215 g/mol. The van der Waals surface area contributed by atoms with Gasteiger partial charge in [0.1, 0.15) is 0 Å². The lowest BCUT2D eigenvalue weighted by Gasteiger charge is -2.17. The summed E-state index contributed by atoms with van der Waals surface area (Å²) in [6.07, 6.45) is 1.93. The molecule has 2 aromatic rings. The van der Waals surface area contributed by atoms with Crippen LogP contribution in [0.4, 0.5) is 0 Å². The zero-order valence-electron chi connectivity index (χ0n) is 10.2. The minimum Gasteiger partial charge on any atom is -0.287 e. The first-order chi connectivity index (χ1) is 7.41. The SMILES string of the molecule is Cc1cn(C(=O)C(C)(C)C)c2ccccc12. The molecule has 0 saturated carbocycles. The lowest BCUT2D eigenvalue weighted by atomic mass is 9.95. The average Bonchev–Trinajstić information content (AvgIpc) is 2.55. The number of aromatic nitrogens is 1. The quantitative estimate of drug-likeness (QED) is 0.657. The fourth-order valence-corrected chi connectivity index (χ4v) is 1.88. The molecule has 0 atom stereocenters. The molecule has 0 bridgehead atoms. The molecule has 1 aromatic carbocycles. The lowest BCUT2D eigenvalue weighted by molar-refractivity contribution is 0.0772. The molecule has 1 heterocycles. The molecule has 0 amide bonds. The van der Waals surface area contributed by atoms with E-state index in [9.17, 15) is 4.79 Å². The van der Waals surface area contributed by atoms with E-state index in [1.807, 2.05) is 52.1 Å². The molecule has 0 aliphatic rings. The maximum absolute atomic E-state index is 12.3. The Morgan fingerprint density at radius 3 is 2.44 bits per heavy atom. The molecule has 0 N–H and O–H groups in total.